The first-order chi connectivity index (χ1) is 11.1. The molecule has 23 heavy (non-hydrogen) atoms. The lowest BCUT2D eigenvalue weighted by atomic mass is 10.1. The Kier molecular flexibility index (Phi) is 6.18. The lowest BCUT2D eigenvalue weighted by Crippen LogP contribution is -2.25. The minimum atomic E-state index is -0.0437. The van der Waals surface area contributed by atoms with E-state index in [0.717, 1.165) is 11.3 Å². The van der Waals surface area contributed by atoms with Gasteiger partial charge in [-0.15, -0.1) is 0 Å². The third-order valence-electron chi connectivity index (χ3n) is 3.41. The van der Waals surface area contributed by atoms with Crippen molar-refractivity contribution in [3.63, 3.8) is 0 Å². The highest BCUT2D eigenvalue weighted by atomic mass is 35.5. The number of anilines is 1. The number of amides is 1. The van der Waals surface area contributed by atoms with Crippen molar-refractivity contribution < 1.29 is 9.59 Å². The van der Waals surface area contributed by atoms with Gasteiger partial charge < -0.3 is 10.6 Å². The molecule has 0 aliphatic carbocycles. The molecule has 0 bridgehead atoms. The smallest absolute Gasteiger partial charge is 0.222 e. The van der Waals surface area contributed by atoms with E-state index in [-0.39, 0.29) is 11.7 Å². The number of carbonyl (C=O) groups excluding carboxylic acids is 2. The van der Waals surface area contributed by atoms with Crippen molar-refractivity contribution in [1.82, 2.24) is 5.32 Å². The molecule has 1 amide bonds. The summed E-state index contributed by atoms with van der Waals surface area (Å²) in [5, 5.41) is 6.64. The molecule has 2 aromatic carbocycles. The highest BCUT2D eigenvalue weighted by Crippen LogP contribution is 2.14. The molecule has 2 rings (SSSR count). The molecule has 0 unspecified atom stereocenters. The summed E-state index contributed by atoms with van der Waals surface area (Å²) in [6.45, 7) is 2.48. The maximum absolute atomic E-state index is 11.8. The maximum atomic E-state index is 11.8. The molecule has 0 saturated carbocycles. The Balaban J connectivity index is 1.72. The van der Waals surface area contributed by atoms with E-state index in [2.05, 4.69) is 10.6 Å². The maximum Gasteiger partial charge on any atom is 0.222 e. The number of halogens is 1. The Morgan fingerprint density at radius 3 is 2.39 bits per heavy atom. The van der Waals surface area contributed by atoms with Crippen LogP contribution in [0.1, 0.15) is 29.3 Å². The topological polar surface area (TPSA) is 58.2 Å². The summed E-state index contributed by atoms with van der Waals surface area (Å²) in [6.07, 6.45) is 0.360. The van der Waals surface area contributed by atoms with E-state index in [9.17, 15) is 9.59 Å². The molecule has 0 aliphatic rings. The summed E-state index contributed by atoms with van der Waals surface area (Å²) in [5.74, 6) is -0.00623. The zero-order valence-electron chi connectivity index (χ0n) is 12.9. The zero-order valence-corrected chi connectivity index (χ0v) is 13.7. The van der Waals surface area contributed by atoms with E-state index >= 15 is 0 Å². The first kappa shape index (κ1) is 17.0. The Hall–Kier alpha value is -2.33. The molecular weight excluding hydrogens is 312 g/mol. The second kappa shape index (κ2) is 8.34. The van der Waals surface area contributed by atoms with Crippen LogP contribution in [0.5, 0.6) is 0 Å². The molecule has 0 atom stereocenters. The van der Waals surface area contributed by atoms with Gasteiger partial charge in [-0.2, -0.15) is 0 Å². The second-order valence-corrected chi connectivity index (χ2v) is 5.59. The lowest BCUT2D eigenvalue weighted by molar-refractivity contribution is -0.121. The normalized spacial score (nSPS) is 10.2. The predicted octanol–water partition coefficient (Wildman–Crippen LogP) is 3.66. The minimum Gasteiger partial charge on any atom is -0.385 e. The van der Waals surface area contributed by atoms with Gasteiger partial charge in [0.15, 0.2) is 5.78 Å². The monoisotopic (exact) mass is 330 g/mol. The van der Waals surface area contributed by atoms with Crippen LogP contribution in [0.25, 0.3) is 0 Å². The van der Waals surface area contributed by atoms with Crippen LogP contribution in [-0.4, -0.2) is 18.2 Å². The first-order valence-corrected chi connectivity index (χ1v) is 7.79. The third-order valence-corrected chi connectivity index (χ3v) is 3.78. The largest absolute Gasteiger partial charge is 0.385 e. The van der Waals surface area contributed by atoms with Crippen LogP contribution in [0.4, 0.5) is 5.69 Å². The summed E-state index contributed by atoms with van der Waals surface area (Å²) >= 11 is 6.04. The number of nitrogens with one attached hydrogen (secondary N) is 2. The molecule has 0 aromatic heterocycles. The number of ketones is 1. The van der Waals surface area contributed by atoms with Crippen LogP contribution in [0, 0.1) is 0 Å². The van der Waals surface area contributed by atoms with Gasteiger partial charge in [-0.1, -0.05) is 29.8 Å². The van der Waals surface area contributed by atoms with Gasteiger partial charge >= 0.3 is 0 Å². The summed E-state index contributed by atoms with van der Waals surface area (Å²) in [4.78, 5) is 23.0. The number of Topliss-reactive ketones (excluding diaryl/α,β-unsaturated/α-hetero) is 1. The fourth-order valence-corrected chi connectivity index (χ4v) is 2.27. The molecule has 0 saturated heterocycles. The number of hydrogen-bond donors (Lipinski definition) is 2. The van der Waals surface area contributed by atoms with Crippen molar-refractivity contribution >= 4 is 29.0 Å². The standard InChI is InChI=1S/C18H19ClN2O2/c1-13(22)14-6-8-16(9-7-14)20-11-10-18(23)21-12-15-4-2-3-5-17(15)19/h2-9,20H,10-12H2,1H3,(H,21,23). The van der Waals surface area contributed by atoms with Crippen LogP contribution >= 0.6 is 11.6 Å². The van der Waals surface area contributed by atoms with Crippen molar-refractivity contribution in [2.75, 3.05) is 11.9 Å². The quantitative estimate of drug-likeness (QED) is 0.762. The Morgan fingerprint density at radius 1 is 1.04 bits per heavy atom. The summed E-state index contributed by atoms with van der Waals surface area (Å²) in [5.41, 5.74) is 2.46. The fourth-order valence-electron chi connectivity index (χ4n) is 2.07. The van der Waals surface area contributed by atoms with Crippen molar-refractivity contribution in [2.45, 2.75) is 19.9 Å². The molecule has 0 fully saturated rings. The summed E-state index contributed by atoms with van der Waals surface area (Å²) in [6, 6.07) is 14.6. The van der Waals surface area contributed by atoms with Gasteiger partial charge in [0.25, 0.3) is 0 Å². The zero-order chi connectivity index (χ0) is 16.7. The van der Waals surface area contributed by atoms with Crippen LogP contribution < -0.4 is 10.6 Å². The van der Waals surface area contributed by atoms with E-state index < -0.39 is 0 Å². The number of benzene rings is 2. The molecule has 4 nitrogen and oxygen atoms in total. The molecule has 5 heteroatoms. The van der Waals surface area contributed by atoms with Gasteiger partial charge in [0, 0.05) is 35.8 Å². The Bertz CT molecular complexity index is 684. The second-order valence-electron chi connectivity index (χ2n) is 5.18. The summed E-state index contributed by atoms with van der Waals surface area (Å²) in [7, 11) is 0. The van der Waals surface area contributed by atoms with Gasteiger partial charge in [0.05, 0.1) is 0 Å². The number of rotatable bonds is 7. The Labute approximate surface area is 140 Å². The van der Waals surface area contributed by atoms with Crippen LogP contribution in [0.15, 0.2) is 48.5 Å². The van der Waals surface area contributed by atoms with Gasteiger partial charge in [-0.25, -0.2) is 0 Å². The molecule has 0 aliphatic heterocycles. The fraction of sp³-hybridized carbons (Fsp3) is 0.222. The van der Waals surface area contributed by atoms with E-state index in [1.54, 1.807) is 18.2 Å². The molecule has 2 aromatic rings. The van der Waals surface area contributed by atoms with Gasteiger partial charge in [0.1, 0.15) is 0 Å². The average molecular weight is 331 g/mol. The van der Waals surface area contributed by atoms with Crippen LogP contribution in [0.2, 0.25) is 5.02 Å². The van der Waals surface area contributed by atoms with E-state index in [1.807, 2.05) is 30.3 Å². The predicted molar refractivity (Wildman–Crippen MR) is 92.9 cm³/mol. The molecule has 120 valence electrons. The Morgan fingerprint density at radius 2 is 1.74 bits per heavy atom. The van der Waals surface area contributed by atoms with Gasteiger partial charge in [0.2, 0.25) is 5.91 Å². The minimum absolute atomic E-state index is 0.0375. The third kappa shape index (κ3) is 5.42. The van der Waals surface area contributed by atoms with E-state index in [0.29, 0.717) is 30.1 Å². The van der Waals surface area contributed by atoms with Crippen LogP contribution in [0.3, 0.4) is 0 Å². The first-order valence-electron chi connectivity index (χ1n) is 7.41. The highest BCUT2D eigenvalue weighted by Gasteiger charge is 2.04. The van der Waals surface area contributed by atoms with Gasteiger partial charge in [-0.3, -0.25) is 9.59 Å². The molecule has 0 spiro atoms. The molecule has 0 radical (unpaired) electrons. The molecular formula is C18H19ClN2O2. The summed E-state index contributed by atoms with van der Waals surface area (Å²) < 4.78 is 0. The molecule has 2 N–H and O–H groups in total. The number of hydrogen-bond acceptors (Lipinski definition) is 3. The van der Waals surface area contributed by atoms with Crippen molar-refractivity contribution in [3.05, 3.63) is 64.7 Å². The van der Waals surface area contributed by atoms with Crippen molar-refractivity contribution in [1.29, 1.82) is 0 Å². The van der Waals surface area contributed by atoms with Crippen molar-refractivity contribution in [2.24, 2.45) is 0 Å². The number of carbonyl (C=O) groups is 2. The van der Waals surface area contributed by atoms with Gasteiger partial charge in [-0.05, 0) is 42.8 Å². The highest BCUT2D eigenvalue weighted by molar-refractivity contribution is 6.31. The average Bonchev–Trinajstić information content (AvgIpc) is 2.54. The SMILES string of the molecule is CC(=O)c1ccc(NCCC(=O)NCc2ccccc2Cl)cc1. The van der Waals surface area contributed by atoms with E-state index in [4.69, 9.17) is 11.6 Å². The van der Waals surface area contributed by atoms with E-state index in [1.165, 1.54) is 6.92 Å². The molecule has 0 heterocycles. The van der Waals surface area contributed by atoms with Crippen molar-refractivity contribution in [3.8, 4) is 0 Å². The lowest BCUT2D eigenvalue weighted by Gasteiger charge is -2.09. The van der Waals surface area contributed by atoms with Crippen LogP contribution in [-0.2, 0) is 11.3 Å².